The highest BCUT2D eigenvalue weighted by Crippen LogP contribution is 2.36. The van der Waals surface area contributed by atoms with Gasteiger partial charge in [-0.15, -0.1) is 0 Å². The number of nitrogens with one attached hydrogen (secondary N) is 2. The first-order valence-electron chi connectivity index (χ1n) is 10.4. The topological polar surface area (TPSA) is 91.9 Å². The van der Waals surface area contributed by atoms with Crippen LogP contribution in [0, 0.1) is 5.92 Å². The van der Waals surface area contributed by atoms with Crippen LogP contribution in [-0.2, 0) is 4.79 Å². The minimum absolute atomic E-state index is 0.173. The van der Waals surface area contributed by atoms with Gasteiger partial charge in [-0.25, -0.2) is 9.98 Å². The van der Waals surface area contributed by atoms with Gasteiger partial charge in [0.25, 0.3) is 0 Å². The molecule has 0 saturated carbocycles. The number of benzene rings is 3. The quantitative estimate of drug-likeness (QED) is 0.368. The Kier molecular flexibility index (Phi) is 5.75. The number of nitrogens with zero attached hydrogens (tertiary/aromatic N) is 3. The maximum atomic E-state index is 13.3. The van der Waals surface area contributed by atoms with Crippen LogP contribution in [0.3, 0.4) is 0 Å². The molecule has 0 bridgehead atoms. The molecular weight excluding hydrogens is 482 g/mol. The zero-order valence-electron chi connectivity index (χ0n) is 17.7. The Morgan fingerprint density at radius 2 is 1.70 bits per heavy atom. The maximum absolute atomic E-state index is 13.3. The summed E-state index contributed by atoms with van der Waals surface area (Å²) in [6, 6.07) is 24.4. The van der Waals surface area contributed by atoms with Gasteiger partial charge in [0.2, 0.25) is 11.9 Å². The van der Waals surface area contributed by atoms with Crippen LogP contribution in [0.15, 0.2) is 97.7 Å². The predicted octanol–water partition coefficient (Wildman–Crippen LogP) is 5.83. The van der Waals surface area contributed by atoms with Crippen molar-refractivity contribution in [2.75, 3.05) is 10.6 Å². The van der Waals surface area contributed by atoms with Crippen LogP contribution in [0.2, 0.25) is 0 Å². The van der Waals surface area contributed by atoms with Gasteiger partial charge in [0, 0.05) is 15.9 Å². The fourth-order valence-corrected chi connectivity index (χ4v) is 4.34. The first-order valence-corrected chi connectivity index (χ1v) is 11.2. The molecule has 0 aliphatic carbocycles. The zero-order chi connectivity index (χ0) is 22.8. The number of fused-ring (bicyclic) bond motifs is 1. The molecule has 8 heteroatoms. The molecule has 4 aromatic rings. The first kappa shape index (κ1) is 21.1. The molecule has 2 atom stereocenters. The molecule has 164 valence electrons. The van der Waals surface area contributed by atoms with Gasteiger partial charge in [-0.3, -0.25) is 10.1 Å². The van der Waals surface area contributed by atoms with Gasteiger partial charge in [-0.2, -0.15) is 4.98 Å². The summed E-state index contributed by atoms with van der Waals surface area (Å²) in [4.78, 5) is 27.1. The Morgan fingerprint density at radius 3 is 2.48 bits per heavy atom. The summed E-state index contributed by atoms with van der Waals surface area (Å²) in [6.45, 7) is 1.83. The van der Waals surface area contributed by atoms with Crippen LogP contribution in [0.1, 0.15) is 18.5 Å². The Morgan fingerprint density at radius 1 is 0.970 bits per heavy atom. The second-order valence-corrected chi connectivity index (χ2v) is 8.47. The molecule has 1 aromatic heterocycles. The number of carbonyl (C=O) groups excluding carboxylic acids is 1. The van der Waals surface area contributed by atoms with E-state index < -0.39 is 12.0 Å². The third-order valence-corrected chi connectivity index (χ3v) is 6.09. The number of aliphatic imine (C=N–C) groups is 2. The molecule has 33 heavy (non-hydrogen) atoms. The highest BCUT2D eigenvalue weighted by atomic mass is 79.9. The number of rotatable bonds is 4. The minimum atomic E-state index is -0.585. The number of guanidine groups is 1. The zero-order valence-corrected chi connectivity index (χ0v) is 19.3. The molecular formula is C25H20BrN5O2. The highest BCUT2D eigenvalue weighted by molar-refractivity contribution is 9.10. The summed E-state index contributed by atoms with van der Waals surface area (Å²) in [5.41, 5.74) is 3.65. The van der Waals surface area contributed by atoms with Crippen molar-refractivity contribution in [3.8, 4) is 0 Å². The minimum Gasteiger partial charge on any atom is -0.423 e. The maximum Gasteiger partial charge on any atom is 0.302 e. The van der Waals surface area contributed by atoms with E-state index in [1.54, 1.807) is 0 Å². The Balaban J connectivity index is 1.49. The number of para-hydroxylation sites is 3. The van der Waals surface area contributed by atoms with Gasteiger partial charge in [0.15, 0.2) is 5.58 Å². The summed E-state index contributed by atoms with van der Waals surface area (Å²) in [5, 5.41) is 6.05. The number of carbonyl (C=O) groups is 1. The fourth-order valence-electron chi connectivity index (χ4n) is 3.82. The van der Waals surface area contributed by atoms with E-state index in [0.29, 0.717) is 23.3 Å². The molecule has 0 fully saturated rings. The van der Waals surface area contributed by atoms with Gasteiger partial charge in [-0.05, 0) is 42.8 Å². The van der Waals surface area contributed by atoms with E-state index in [1.807, 2.05) is 85.8 Å². The van der Waals surface area contributed by atoms with Crippen LogP contribution in [0.5, 0.6) is 0 Å². The summed E-state index contributed by atoms with van der Waals surface area (Å²) in [5.74, 6) is -0.422. The van der Waals surface area contributed by atoms with Gasteiger partial charge in [0.1, 0.15) is 11.4 Å². The highest BCUT2D eigenvalue weighted by Gasteiger charge is 2.36. The standard InChI is InChI=1S/C25H20BrN5O2/c1-15-21(23(32)28-16-9-3-2-4-10-16)22(17-11-5-6-12-18(17)26)30-24(27-15)31-25-29-19-13-7-8-14-20(19)33-25/h2-14,21-22H,1H3,(H,28,32)(H,29,30,31). The van der Waals surface area contributed by atoms with Gasteiger partial charge >= 0.3 is 6.01 Å². The largest absolute Gasteiger partial charge is 0.423 e. The second-order valence-electron chi connectivity index (χ2n) is 7.62. The molecule has 3 aromatic carbocycles. The molecule has 2 heterocycles. The van der Waals surface area contributed by atoms with Gasteiger partial charge < -0.3 is 9.73 Å². The van der Waals surface area contributed by atoms with Crippen molar-refractivity contribution >= 4 is 56.3 Å². The SMILES string of the molecule is CC1=NC(Nc2nc3ccccc3o2)=NC(c2ccccc2Br)C1C(=O)Nc1ccccc1. The van der Waals surface area contributed by atoms with Gasteiger partial charge in [-0.1, -0.05) is 64.5 Å². The van der Waals surface area contributed by atoms with Crippen LogP contribution < -0.4 is 10.6 Å². The number of amides is 1. The summed E-state index contributed by atoms with van der Waals surface area (Å²) >= 11 is 3.61. The van der Waals surface area contributed by atoms with Crippen molar-refractivity contribution in [3.05, 3.63) is 88.9 Å². The van der Waals surface area contributed by atoms with Crippen molar-refractivity contribution in [1.82, 2.24) is 4.98 Å². The molecule has 1 aliphatic rings. The number of hydrogen-bond acceptors (Lipinski definition) is 6. The lowest BCUT2D eigenvalue weighted by Crippen LogP contribution is -2.37. The van der Waals surface area contributed by atoms with E-state index in [2.05, 4.69) is 36.5 Å². The molecule has 2 N–H and O–H groups in total. The number of hydrogen-bond donors (Lipinski definition) is 2. The van der Waals surface area contributed by atoms with E-state index in [-0.39, 0.29) is 5.91 Å². The first-order chi connectivity index (χ1) is 16.1. The van der Waals surface area contributed by atoms with Crippen LogP contribution in [0.25, 0.3) is 11.1 Å². The molecule has 2 unspecified atom stereocenters. The van der Waals surface area contributed by atoms with Crippen molar-refractivity contribution in [3.63, 3.8) is 0 Å². The molecule has 7 nitrogen and oxygen atoms in total. The average Bonchev–Trinajstić information content (AvgIpc) is 3.22. The lowest BCUT2D eigenvalue weighted by molar-refractivity contribution is -0.118. The summed E-state index contributed by atoms with van der Waals surface area (Å²) in [6.07, 6.45) is 0. The molecule has 1 amide bonds. The monoisotopic (exact) mass is 501 g/mol. The third kappa shape index (κ3) is 4.42. The van der Waals surface area contributed by atoms with Crippen molar-refractivity contribution in [1.29, 1.82) is 0 Å². The second kappa shape index (κ2) is 8.99. The molecule has 1 aliphatic heterocycles. The number of aromatic nitrogens is 1. The van der Waals surface area contributed by atoms with E-state index in [4.69, 9.17) is 9.41 Å². The summed E-state index contributed by atoms with van der Waals surface area (Å²) in [7, 11) is 0. The molecule has 5 rings (SSSR count). The van der Waals surface area contributed by atoms with Crippen molar-refractivity contribution in [2.45, 2.75) is 13.0 Å². The number of anilines is 2. The Labute approximate surface area is 198 Å². The van der Waals surface area contributed by atoms with Crippen molar-refractivity contribution in [2.24, 2.45) is 15.9 Å². The van der Waals surface area contributed by atoms with E-state index in [0.717, 1.165) is 21.2 Å². The van der Waals surface area contributed by atoms with E-state index >= 15 is 0 Å². The fraction of sp³-hybridized carbons (Fsp3) is 0.120. The lowest BCUT2D eigenvalue weighted by atomic mass is 9.88. The Hall–Kier alpha value is -3.78. The summed E-state index contributed by atoms with van der Waals surface area (Å²) < 4.78 is 6.63. The third-order valence-electron chi connectivity index (χ3n) is 5.37. The van der Waals surface area contributed by atoms with Gasteiger partial charge in [0.05, 0.1) is 6.04 Å². The average molecular weight is 502 g/mol. The van der Waals surface area contributed by atoms with Crippen LogP contribution in [-0.4, -0.2) is 22.6 Å². The molecule has 0 saturated heterocycles. The molecule has 0 spiro atoms. The Bertz CT molecular complexity index is 1350. The number of oxazole rings is 1. The lowest BCUT2D eigenvalue weighted by Gasteiger charge is -2.28. The molecule has 0 radical (unpaired) electrons. The van der Waals surface area contributed by atoms with Crippen molar-refractivity contribution < 1.29 is 9.21 Å². The normalized spacial score (nSPS) is 17.9. The van der Waals surface area contributed by atoms with Crippen LogP contribution >= 0.6 is 15.9 Å². The van der Waals surface area contributed by atoms with Crippen LogP contribution in [0.4, 0.5) is 11.7 Å². The predicted molar refractivity (Wildman–Crippen MR) is 134 cm³/mol. The number of halogens is 1. The van der Waals surface area contributed by atoms with E-state index in [9.17, 15) is 4.79 Å². The van der Waals surface area contributed by atoms with E-state index in [1.165, 1.54) is 0 Å². The smallest absolute Gasteiger partial charge is 0.302 e.